The van der Waals surface area contributed by atoms with Gasteiger partial charge in [-0.25, -0.2) is 9.38 Å². The molecular formula is C20H34FIN4O2. The topological polar surface area (TPSA) is 58.1 Å². The summed E-state index contributed by atoms with van der Waals surface area (Å²) in [6, 6.07) is 6.94. The number of benzene rings is 1. The van der Waals surface area contributed by atoms with Crippen molar-refractivity contribution in [3.63, 3.8) is 0 Å². The second-order valence-corrected chi connectivity index (χ2v) is 6.78. The molecule has 1 aliphatic rings. The average Bonchev–Trinajstić information content (AvgIpc) is 3.11. The lowest BCUT2D eigenvalue weighted by molar-refractivity contribution is 0.141. The minimum Gasteiger partial charge on any atom is -0.486 e. The van der Waals surface area contributed by atoms with Crippen LogP contribution in [0.1, 0.15) is 26.7 Å². The molecule has 6 nitrogen and oxygen atoms in total. The maximum Gasteiger partial charge on any atom is 0.191 e. The summed E-state index contributed by atoms with van der Waals surface area (Å²) in [5, 5.41) is 6.69. The van der Waals surface area contributed by atoms with Gasteiger partial charge in [0, 0.05) is 32.8 Å². The number of ether oxygens (including phenoxy) is 2. The lowest BCUT2D eigenvalue weighted by Crippen LogP contribution is -2.45. The van der Waals surface area contributed by atoms with E-state index < -0.39 is 0 Å². The molecule has 1 aliphatic heterocycles. The van der Waals surface area contributed by atoms with E-state index >= 15 is 0 Å². The first kappa shape index (κ1) is 24.9. The van der Waals surface area contributed by atoms with Crippen molar-refractivity contribution in [1.29, 1.82) is 0 Å². The van der Waals surface area contributed by atoms with Gasteiger partial charge in [-0.1, -0.05) is 12.1 Å². The third-order valence-electron chi connectivity index (χ3n) is 4.60. The Labute approximate surface area is 185 Å². The Kier molecular flexibility index (Phi) is 12.4. The lowest BCUT2D eigenvalue weighted by atomic mass is 10.2. The van der Waals surface area contributed by atoms with Crippen LogP contribution < -0.4 is 15.4 Å². The largest absolute Gasteiger partial charge is 0.486 e. The highest BCUT2D eigenvalue weighted by Crippen LogP contribution is 2.17. The van der Waals surface area contributed by atoms with E-state index in [-0.39, 0.29) is 41.6 Å². The number of likely N-dealkylation sites (tertiary alicyclic amines) is 1. The van der Waals surface area contributed by atoms with Crippen LogP contribution in [0.3, 0.4) is 0 Å². The predicted octanol–water partition coefficient (Wildman–Crippen LogP) is 2.88. The van der Waals surface area contributed by atoms with Gasteiger partial charge in [0.05, 0.1) is 13.2 Å². The van der Waals surface area contributed by atoms with E-state index in [1.54, 1.807) is 25.3 Å². The normalized spacial score (nSPS) is 18.4. The zero-order valence-electron chi connectivity index (χ0n) is 17.1. The van der Waals surface area contributed by atoms with Crippen molar-refractivity contribution in [2.45, 2.75) is 38.8 Å². The highest BCUT2D eigenvalue weighted by Gasteiger charge is 2.24. The molecule has 0 saturated carbocycles. The number of nitrogens with one attached hydrogen (secondary N) is 2. The second-order valence-electron chi connectivity index (χ2n) is 6.78. The molecule has 8 heteroatoms. The Morgan fingerprint density at radius 1 is 1.36 bits per heavy atom. The van der Waals surface area contributed by atoms with E-state index in [4.69, 9.17) is 9.47 Å². The van der Waals surface area contributed by atoms with Gasteiger partial charge in [-0.2, -0.15) is 0 Å². The van der Waals surface area contributed by atoms with Gasteiger partial charge in [-0.3, -0.25) is 4.90 Å². The van der Waals surface area contributed by atoms with Crippen molar-refractivity contribution >= 4 is 29.9 Å². The van der Waals surface area contributed by atoms with E-state index in [0.717, 1.165) is 38.7 Å². The molecule has 2 atom stereocenters. The number of aliphatic imine (C=N–C) groups is 1. The zero-order chi connectivity index (χ0) is 19.5. The smallest absolute Gasteiger partial charge is 0.191 e. The summed E-state index contributed by atoms with van der Waals surface area (Å²) >= 11 is 0. The van der Waals surface area contributed by atoms with Gasteiger partial charge in [-0.15, -0.1) is 24.0 Å². The first-order chi connectivity index (χ1) is 13.1. The molecule has 0 radical (unpaired) electrons. The fourth-order valence-corrected chi connectivity index (χ4v) is 3.20. The van der Waals surface area contributed by atoms with Crippen molar-refractivity contribution in [1.82, 2.24) is 15.5 Å². The summed E-state index contributed by atoms with van der Waals surface area (Å²) in [4.78, 5) is 7.05. The summed E-state index contributed by atoms with van der Waals surface area (Å²) < 4.78 is 24.5. The highest BCUT2D eigenvalue weighted by atomic mass is 127. The fourth-order valence-electron chi connectivity index (χ4n) is 3.20. The third-order valence-corrected chi connectivity index (χ3v) is 4.60. The monoisotopic (exact) mass is 508 g/mol. The van der Waals surface area contributed by atoms with Crippen LogP contribution in [-0.2, 0) is 4.74 Å². The van der Waals surface area contributed by atoms with Crippen LogP contribution in [0.2, 0.25) is 0 Å². The zero-order valence-corrected chi connectivity index (χ0v) is 19.4. The number of halogens is 2. The van der Waals surface area contributed by atoms with E-state index in [2.05, 4.69) is 20.5 Å². The molecule has 0 aromatic heterocycles. The molecule has 0 bridgehead atoms. The standard InChI is InChI=1S/C20H33FN4O2.HI/c1-4-22-20(24-15-17-8-7-11-25(17)12-13-26-3)23-14-16(2)27-19-10-6-5-9-18(19)21;/h5-6,9-10,16-17H,4,7-8,11-15H2,1-3H3,(H2,22,23,24);1H. The Morgan fingerprint density at radius 3 is 2.86 bits per heavy atom. The summed E-state index contributed by atoms with van der Waals surface area (Å²) in [5.41, 5.74) is 0. The van der Waals surface area contributed by atoms with Crippen LogP contribution in [0.4, 0.5) is 4.39 Å². The van der Waals surface area contributed by atoms with Crippen molar-refractivity contribution in [3.05, 3.63) is 30.1 Å². The number of guanidine groups is 1. The van der Waals surface area contributed by atoms with E-state index in [9.17, 15) is 4.39 Å². The Balaban J connectivity index is 0.00000392. The van der Waals surface area contributed by atoms with Crippen LogP contribution >= 0.6 is 24.0 Å². The van der Waals surface area contributed by atoms with Gasteiger partial charge in [0.1, 0.15) is 6.10 Å². The van der Waals surface area contributed by atoms with Crippen molar-refractivity contribution in [3.8, 4) is 5.75 Å². The molecule has 0 amide bonds. The molecule has 160 valence electrons. The summed E-state index contributed by atoms with van der Waals surface area (Å²) in [6.45, 7) is 8.85. The summed E-state index contributed by atoms with van der Waals surface area (Å²) in [6.07, 6.45) is 2.18. The maximum absolute atomic E-state index is 13.7. The minimum atomic E-state index is -0.351. The Morgan fingerprint density at radius 2 is 2.14 bits per heavy atom. The quantitative estimate of drug-likeness (QED) is 0.289. The van der Waals surface area contributed by atoms with E-state index in [1.807, 2.05) is 13.8 Å². The first-order valence-corrected chi connectivity index (χ1v) is 9.80. The SMILES string of the molecule is CCNC(=NCC(C)Oc1ccccc1F)NCC1CCCN1CCOC.I. The van der Waals surface area contributed by atoms with Crippen molar-refractivity contribution < 1.29 is 13.9 Å². The van der Waals surface area contributed by atoms with Crippen molar-refractivity contribution in [2.24, 2.45) is 4.99 Å². The van der Waals surface area contributed by atoms with Crippen LogP contribution in [0.15, 0.2) is 29.3 Å². The van der Waals surface area contributed by atoms with Gasteiger partial charge < -0.3 is 20.1 Å². The van der Waals surface area contributed by atoms with Crippen molar-refractivity contribution in [2.75, 3.05) is 46.4 Å². The molecule has 1 saturated heterocycles. The van der Waals surface area contributed by atoms with E-state index in [0.29, 0.717) is 12.6 Å². The number of rotatable bonds is 10. The minimum absolute atomic E-state index is 0. The first-order valence-electron chi connectivity index (χ1n) is 9.80. The van der Waals surface area contributed by atoms with Crippen LogP contribution in [0, 0.1) is 5.82 Å². The highest BCUT2D eigenvalue weighted by molar-refractivity contribution is 14.0. The number of para-hydroxylation sites is 1. The predicted molar refractivity (Wildman–Crippen MR) is 122 cm³/mol. The van der Waals surface area contributed by atoms with Crippen LogP contribution in [0.25, 0.3) is 0 Å². The molecule has 1 fully saturated rings. The summed E-state index contributed by atoms with van der Waals surface area (Å²) in [5.74, 6) is 0.675. The van der Waals surface area contributed by atoms with Crippen LogP contribution in [-0.4, -0.2) is 69.4 Å². The Bertz CT molecular complexity index is 591. The summed E-state index contributed by atoms with van der Waals surface area (Å²) in [7, 11) is 1.74. The number of methoxy groups -OCH3 is 1. The molecular weight excluding hydrogens is 474 g/mol. The molecule has 2 rings (SSSR count). The van der Waals surface area contributed by atoms with Crippen LogP contribution in [0.5, 0.6) is 5.75 Å². The maximum atomic E-state index is 13.7. The van der Waals surface area contributed by atoms with Gasteiger partial charge in [-0.05, 0) is 45.4 Å². The number of hydrogen-bond acceptors (Lipinski definition) is 4. The van der Waals surface area contributed by atoms with Gasteiger partial charge in [0.15, 0.2) is 17.5 Å². The second kappa shape index (κ2) is 13.9. The van der Waals surface area contributed by atoms with Gasteiger partial charge in [0.2, 0.25) is 0 Å². The van der Waals surface area contributed by atoms with E-state index in [1.165, 1.54) is 18.9 Å². The van der Waals surface area contributed by atoms with Gasteiger partial charge >= 0.3 is 0 Å². The third kappa shape index (κ3) is 8.48. The fraction of sp³-hybridized carbons (Fsp3) is 0.650. The van der Waals surface area contributed by atoms with Gasteiger partial charge in [0.25, 0.3) is 0 Å². The number of hydrogen-bond donors (Lipinski definition) is 2. The average molecular weight is 508 g/mol. The molecule has 2 N–H and O–H groups in total. The molecule has 1 heterocycles. The molecule has 2 unspecified atom stereocenters. The molecule has 0 aliphatic carbocycles. The molecule has 0 spiro atoms. The molecule has 28 heavy (non-hydrogen) atoms. The lowest BCUT2D eigenvalue weighted by Gasteiger charge is -2.25. The Hall–Kier alpha value is -1.13. The number of nitrogens with zero attached hydrogens (tertiary/aromatic N) is 2. The molecule has 1 aromatic rings. The molecule has 1 aromatic carbocycles.